The van der Waals surface area contributed by atoms with Crippen molar-refractivity contribution < 1.29 is 14.3 Å². The molecule has 3 heterocycles. The third kappa shape index (κ3) is 6.55. The van der Waals surface area contributed by atoms with E-state index in [1.165, 1.54) is 5.56 Å². The highest BCUT2D eigenvalue weighted by Gasteiger charge is 2.26. The maximum atomic E-state index is 13.6. The zero-order valence-corrected chi connectivity index (χ0v) is 24.9. The van der Waals surface area contributed by atoms with Gasteiger partial charge in [-0.05, 0) is 80.8 Å². The number of nitrogens with zero attached hydrogens (tertiary/aromatic N) is 4. The molecular weight excluding hydrogens is 526 g/mol. The summed E-state index contributed by atoms with van der Waals surface area (Å²) < 4.78 is 7.14. The number of carbonyl (C=O) groups is 2. The molecule has 8 heteroatoms. The van der Waals surface area contributed by atoms with Gasteiger partial charge in [-0.25, -0.2) is 4.98 Å². The lowest BCUT2D eigenvalue weighted by molar-refractivity contribution is -0.112. The minimum atomic E-state index is -0.664. The number of nitrogens with one attached hydrogen (secondary N) is 1. The van der Waals surface area contributed by atoms with Gasteiger partial charge >= 0.3 is 0 Å². The molecule has 1 aliphatic heterocycles. The van der Waals surface area contributed by atoms with E-state index in [1.807, 2.05) is 79.1 Å². The van der Waals surface area contributed by atoms with Gasteiger partial charge < -0.3 is 24.4 Å². The Morgan fingerprint density at radius 3 is 2.31 bits per heavy atom. The molecule has 0 atom stereocenters. The van der Waals surface area contributed by atoms with Crippen LogP contribution in [0.3, 0.4) is 0 Å². The van der Waals surface area contributed by atoms with E-state index in [-0.39, 0.29) is 0 Å². The SMILES string of the molecule is COCCn1c(C)cc(-c2ccccc2)c1C(=O)C(=O)Nc1ccc(N2CCCN(c3cc(C)cc(C)n3)CC2)cc1. The van der Waals surface area contributed by atoms with Crippen molar-refractivity contribution in [3.63, 3.8) is 0 Å². The summed E-state index contributed by atoms with van der Waals surface area (Å²) in [6, 6.07) is 23.6. The normalized spacial score (nSPS) is 13.6. The van der Waals surface area contributed by atoms with Gasteiger partial charge in [0.05, 0.1) is 6.61 Å². The maximum absolute atomic E-state index is 13.6. The second-order valence-electron chi connectivity index (χ2n) is 10.9. The molecule has 2 aromatic heterocycles. The highest BCUT2D eigenvalue weighted by atomic mass is 16.5. The molecule has 1 aliphatic rings. The first-order chi connectivity index (χ1) is 20.3. The van der Waals surface area contributed by atoms with E-state index in [4.69, 9.17) is 9.72 Å². The van der Waals surface area contributed by atoms with Crippen molar-refractivity contribution >= 4 is 28.9 Å². The Balaban J connectivity index is 1.28. The van der Waals surface area contributed by atoms with Crippen LogP contribution in [0, 0.1) is 20.8 Å². The molecule has 0 aliphatic carbocycles. The summed E-state index contributed by atoms with van der Waals surface area (Å²) in [6.07, 6.45) is 1.02. The summed E-state index contributed by atoms with van der Waals surface area (Å²) in [5, 5.41) is 2.82. The van der Waals surface area contributed by atoms with E-state index in [9.17, 15) is 9.59 Å². The van der Waals surface area contributed by atoms with Gasteiger partial charge in [0.1, 0.15) is 11.5 Å². The lowest BCUT2D eigenvalue weighted by Crippen LogP contribution is -2.31. The Labute approximate surface area is 247 Å². The fourth-order valence-electron chi connectivity index (χ4n) is 5.67. The smallest absolute Gasteiger partial charge is 0.298 e. The van der Waals surface area contributed by atoms with Gasteiger partial charge in [0.25, 0.3) is 11.7 Å². The van der Waals surface area contributed by atoms with Crippen molar-refractivity contribution in [3.05, 3.63) is 95.4 Å². The molecule has 4 aromatic rings. The number of rotatable bonds is 9. The first-order valence-corrected chi connectivity index (χ1v) is 14.5. The van der Waals surface area contributed by atoms with Crippen molar-refractivity contribution in [2.24, 2.45) is 0 Å². The predicted octanol–water partition coefficient (Wildman–Crippen LogP) is 5.66. The summed E-state index contributed by atoms with van der Waals surface area (Å²) in [5.41, 5.74) is 6.84. The third-order valence-electron chi connectivity index (χ3n) is 7.72. The van der Waals surface area contributed by atoms with Crippen LogP contribution in [0.1, 0.15) is 33.9 Å². The average Bonchev–Trinajstić information content (AvgIpc) is 3.14. The lowest BCUT2D eigenvalue weighted by atomic mass is 10.0. The van der Waals surface area contributed by atoms with E-state index in [1.54, 1.807) is 7.11 Å². The number of aromatic nitrogens is 2. The average molecular weight is 566 g/mol. The van der Waals surface area contributed by atoms with E-state index >= 15 is 0 Å². The van der Waals surface area contributed by atoms with Gasteiger partial charge in [0, 0.05) is 68.2 Å². The molecule has 0 spiro atoms. The van der Waals surface area contributed by atoms with Crippen LogP contribution in [0.2, 0.25) is 0 Å². The first kappa shape index (κ1) is 29.1. The van der Waals surface area contributed by atoms with Crippen molar-refractivity contribution in [1.29, 1.82) is 0 Å². The molecule has 1 fully saturated rings. The molecule has 0 unspecified atom stereocenters. The molecule has 218 valence electrons. The molecule has 1 saturated heterocycles. The second-order valence-corrected chi connectivity index (χ2v) is 10.9. The summed E-state index contributed by atoms with van der Waals surface area (Å²) in [4.78, 5) is 36.3. The van der Waals surface area contributed by atoms with Crippen LogP contribution in [-0.2, 0) is 16.1 Å². The van der Waals surface area contributed by atoms with E-state index in [2.05, 4.69) is 34.2 Å². The van der Waals surface area contributed by atoms with Crippen LogP contribution in [-0.4, -0.2) is 61.1 Å². The fourth-order valence-corrected chi connectivity index (χ4v) is 5.67. The number of pyridine rings is 1. The monoisotopic (exact) mass is 565 g/mol. The Morgan fingerprint density at radius 2 is 1.60 bits per heavy atom. The van der Waals surface area contributed by atoms with E-state index in [0.717, 1.165) is 66.6 Å². The first-order valence-electron chi connectivity index (χ1n) is 14.5. The topological polar surface area (TPSA) is 79.7 Å². The van der Waals surface area contributed by atoms with Gasteiger partial charge in [-0.2, -0.15) is 0 Å². The highest BCUT2D eigenvalue weighted by Crippen LogP contribution is 2.29. The number of methoxy groups -OCH3 is 1. The number of ether oxygens (including phenoxy) is 1. The van der Waals surface area contributed by atoms with Crippen LogP contribution in [0.4, 0.5) is 17.2 Å². The number of aryl methyl sites for hydroxylation is 3. The second kappa shape index (κ2) is 13.0. The Bertz CT molecular complexity index is 1530. The molecule has 1 amide bonds. The third-order valence-corrected chi connectivity index (χ3v) is 7.72. The molecular formula is C34H39N5O3. The minimum Gasteiger partial charge on any atom is -0.383 e. The quantitative estimate of drug-likeness (QED) is 0.208. The van der Waals surface area contributed by atoms with Gasteiger partial charge in [-0.3, -0.25) is 9.59 Å². The van der Waals surface area contributed by atoms with Gasteiger partial charge in [-0.1, -0.05) is 30.3 Å². The summed E-state index contributed by atoms with van der Waals surface area (Å²) in [6.45, 7) is 10.7. The number of ketones is 1. The molecule has 0 saturated carbocycles. The number of benzene rings is 2. The zero-order valence-electron chi connectivity index (χ0n) is 24.9. The van der Waals surface area contributed by atoms with Crippen LogP contribution >= 0.6 is 0 Å². The number of hydrogen-bond donors (Lipinski definition) is 1. The number of carbonyl (C=O) groups excluding carboxylic acids is 2. The Morgan fingerprint density at radius 1 is 0.881 bits per heavy atom. The predicted molar refractivity (Wildman–Crippen MR) is 169 cm³/mol. The molecule has 5 rings (SSSR count). The Kier molecular flexibility index (Phi) is 9.03. The maximum Gasteiger partial charge on any atom is 0.298 e. The van der Waals surface area contributed by atoms with Crippen LogP contribution < -0.4 is 15.1 Å². The molecule has 2 aromatic carbocycles. The standard InChI is InChI=1S/C34H39N5O3/c1-24-21-25(2)35-31(22-24)38-16-8-15-37(17-18-38)29-13-11-28(12-14-29)36-34(41)33(40)32-30(27-9-6-5-7-10-27)23-26(3)39(32)19-20-42-4/h5-7,9-14,21-23H,8,15-20H2,1-4H3,(H,36,41). The van der Waals surface area contributed by atoms with Crippen molar-refractivity contribution in [2.75, 3.05) is 55.0 Å². The van der Waals surface area contributed by atoms with Gasteiger partial charge in [-0.15, -0.1) is 0 Å². The largest absolute Gasteiger partial charge is 0.383 e. The fraction of sp³-hybridized carbons (Fsp3) is 0.324. The summed E-state index contributed by atoms with van der Waals surface area (Å²) in [7, 11) is 1.62. The summed E-state index contributed by atoms with van der Waals surface area (Å²) in [5.74, 6) is -0.200. The van der Waals surface area contributed by atoms with Gasteiger partial charge in [0.15, 0.2) is 0 Å². The molecule has 8 nitrogen and oxygen atoms in total. The van der Waals surface area contributed by atoms with Crippen molar-refractivity contribution in [2.45, 2.75) is 33.7 Å². The van der Waals surface area contributed by atoms with Crippen LogP contribution in [0.5, 0.6) is 0 Å². The van der Waals surface area contributed by atoms with Gasteiger partial charge in [0.2, 0.25) is 0 Å². The molecule has 0 radical (unpaired) electrons. The Hall–Kier alpha value is -4.43. The number of anilines is 3. The highest BCUT2D eigenvalue weighted by molar-refractivity contribution is 6.47. The molecule has 0 bridgehead atoms. The van der Waals surface area contributed by atoms with Crippen LogP contribution in [0.25, 0.3) is 11.1 Å². The number of hydrogen-bond acceptors (Lipinski definition) is 6. The number of Topliss-reactive ketones (excluding diaryl/α,β-unsaturated/α-hetero) is 1. The van der Waals surface area contributed by atoms with E-state index < -0.39 is 11.7 Å². The minimum absolute atomic E-state index is 0.372. The van der Waals surface area contributed by atoms with Crippen molar-refractivity contribution in [1.82, 2.24) is 9.55 Å². The summed E-state index contributed by atoms with van der Waals surface area (Å²) >= 11 is 0. The van der Waals surface area contributed by atoms with Crippen LogP contribution in [0.15, 0.2) is 72.8 Å². The van der Waals surface area contributed by atoms with Crippen molar-refractivity contribution in [3.8, 4) is 11.1 Å². The van der Waals surface area contributed by atoms with E-state index in [0.29, 0.717) is 24.5 Å². The lowest BCUT2D eigenvalue weighted by Gasteiger charge is -2.25. The zero-order chi connectivity index (χ0) is 29.6. The molecule has 1 N–H and O–H groups in total. The number of amides is 1. The molecule has 42 heavy (non-hydrogen) atoms.